The van der Waals surface area contributed by atoms with E-state index in [1.807, 2.05) is 19.1 Å². The molecule has 2 N–H and O–H groups in total. The van der Waals surface area contributed by atoms with Crippen LogP contribution in [-0.4, -0.2) is 22.8 Å². The average molecular weight is 249 g/mol. The highest BCUT2D eigenvalue weighted by molar-refractivity contribution is 5.90. The zero-order chi connectivity index (χ0) is 13.0. The number of amides is 2. The number of rotatable bonds is 4. The van der Waals surface area contributed by atoms with Crippen molar-refractivity contribution in [3.8, 4) is 0 Å². The Balaban J connectivity index is 1.81. The Kier molecular flexibility index (Phi) is 3.88. The molecule has 6 heteroatoms. The van der Waals surface area contributed by atoms with Crippen molar-refractivity contribution in [3.05, 3.63) is 30.1 Å². The third-order valence-electron chi connectivity index (χ3n) is 2.82. The molecule has 6 nitrogen and oxygen atoms in total. The second kappa shape index (κ2) is 5.59. The molecular formula is C12H15N3O3. The van der Waals surface area contributed by atoms with Crippen LogP contribution in [-0.2, 0) is 14.4 Å². The van der Waals surface area contributed by atoms with Crippen LogP contribution in [0.25, 0.3) is 0 Å². The highest BCUT2D eigenvalue weighted by Crippen LogP contribution is 2.14. The average Bonchev–Trinajstić information content (AvgIpc) is 2.83. The molecule has 0 aliphatic carbocycles. The topological polar surface area (TPSA) is 80.3 Å². The summed E-state index contributed by atoms with van der Waals surface area (Å²) in [6.07, 6.45) is 3.95. The Labute approximate surface area is 105 Å². The number of nitrogens with one attached hydrogen (secondary N) is 2. The van der Waals surface area contributed by atoms with Gasteiger partial charge in [0.15, 0.2) is 0 Å². The van der Waals surface area contributed by atoms with Gasteiger partial charge in [0.05, 0.1) is 0 Å². The molecule has 1 aliphatic rings. The van der Waals surface area contributed by atoms with Crippen LogP contribution in [0.4, 0.5) is 0 Å². The second-order valence-electron chi connectivity index (χ2n) is 4.17. The molecule has 0 bridgehead atoms. The van der Waals surface area contributed by atoms with E-state index >= 15 is 0 Å². The maximum atomic E-state index is 11.7. The lowest BCUT2D eigenvalue weighted by Gasteiger charge is -2.15. The molecule has 18 heavy (non-hydrogen) atoms. The van der Waals surface area contributed by atoms with Gasteiger partial charge in [-0.05, 0) is 31.0 Å². The quantitative estimate of drug-likeness (QED) is 0.760. The minimum Gasteiger partial charge on any atom is -0.344 e. The lowest BCUT2D eigenvalue weighted by Crippen LogP contribution is -2.41. The van der Waals surface area contributed by atoms with Crippen LogP contribution in [0, 0.1) is 0 Å². The maximum absolute atomic E-state index is 11.7. The van der Waals surface area contributed by atoms with E-state index in [1.165, 1.54) is 0 Å². The number of carbonyl (C=O) groups is 2. The van der Waals surface area contributed by atoms with Gasteiger partial charge < -0.3 is 5.32 Å². The molecule has 1 unspecified atom stereocenters. The smallest absolute Gasteiger partial charge is 0.266 e. The highest BCUT2D eigenvalue weighted by atomic mass is 16.7. The minimum atomic E-state index is -0.484. The molecule has 96 valence electrons. The summed E-state index contributed by atoms with van der Waals surface area (Å²) < 4.78 is 0. The Bertz CT molecular complexity index is 435. The van der Waals surface area contributed by atoms with Crippen molar-refractivity contribution < 1.29 is 14.4 Å². The molecule has 2 atom stereocenters. The van der Waals surface area contributed by atoms with Gasteiger partial charge in [0.2, 0.25) is 5.91 Å². The first-order valence-electron chi connectivity index (χ1n) is 5.81. The van der Waals surface area contributed by atoms with Gasteiger partial charge in [-0.2, -0.15) is 0 Å². The van der Waals surface area contributed by atoms with Crippen LogP contribution >= 0.6 is 0 Å². The molecule has 1 fully saturated rings. The van der Waals surface area contributed by atoms with Crippen molar-refractivity contribution in [2.75, 3.05) is 0 Å². The fraction of sp³-hybridized carbons (Fsp3) is 0.417. The lowest BCUT2D eigenvalue weighted by molar-refractivity contribution is -0.140. The molecule has 2 amide bonds. The molecular weight excluding hydrogens is 234 g/mol. The number of nitrogens with zero attached hydrogens (tertiary/aromatic N) is 1. The van der Waals surface area contributed by atoms with Crippen LogP contribution in [0.5, 0.6) is 0 Å². The molecule has 1 aliphatic heterocycles. The first kappa shape index (κ1) is 12.5. The van der Waals surface area contributed by atoms with E-state index in [0.29, 0.717) is 12.8 Å². The van der Waals surface area contributed by atoms with Gasteiger partial charge >= 0.3 is 0 Å². The first-order chi connectivity index (χ1) is 8.66. The molecule has 1 aromatic rings. The number of hydrogen-bond donors (Lipinski definition) is 2. The largest absolute Gasteiger partial charge is 0.344 e. The van der Waals surface area contributed by atoms with Gasteiger partial charge in [-0.25, -0.2) is 5.48 Å². The monoisotopic (exact) mass is 249 g/mol. The van der Waals surface area contributed by atoms with Crippen LogP contribution in [0.3, 0.4) is 0 Å². The second-order valence-corrected chi connectivity index (χ2v) is 4.17. The van der Waals surface area contributed by atoms with E-state index < -0.39 is 6.04 Å². The van der Waals surface area contributed by atoms with Gasteiger partial charge in [0, 0.05) is 18.8 Å². The third kappa shape index (κ3) is 3.04. The summed E-state index contributed by atoms with van der Waals surface area (Å²) in [7, 11) is 0. The molecule has 0 aromatic carbocycles. The van der Waals surface area contributed by atoms with Gasteiger partial charge in [-0.15, -0.1) is 0 Å². The zero-order valence-electron chi connectivity index (χ0n) is 10.1. The third-order valence-corrected chi connectivity index (χ3v) is 2.82. The van der Waals surface area contributed by atoms with Crippen LogP contribution in [0.15, 0.2) is 24.5 Å². The lowest BCUT2D eigenvalue weighted by atomic mass is 10.2. The number of hydrogen-bond acceptors (Lipinski definition) is 4. The maximum Gasteiger partial charge on any atom is 0.266 e. The summed E-state index contributed by atoms with van der Waals surface area (Å²) in [4.78, 5) is 31.8. The van der Waals surface area contributed by atoms with E-state index in [9.17, 15) is 9.59 Å². The normalized spacial score (nSPS) is 20.3. The Morgan fingerprint density at radius 3 is 2.89 bits per heavy atom. The first-order valence-corrected chi connectivity index (χ1v) is 5.81. The molecule has 0 radical (unpaired) electrons. The number of hydroxylamine groups is 1. The summed E-state index contributed by atoms with van der Waals surface area (Å²) in [5, 5.41) is 2.58. The minimum absolute atomic E-state index is 0.0997. The predicted molar refractivity (Wildman–Crippen MR) is 63.0 cm³/mol. The van der Waals surface area contributed by atoms with Crippen molar-refractivity contribution in [3.63, 3.8) is 0 Å². The Morgan fingerprint density at radius 1 is 1.56 bits per heavy atom. The highest BCUT2D eigenvalue weighted by Gasteiger charge is 2.27. The summed E-state index contributed by atoms with van der Waals surface area (Å²) >= 11 is 0. The number of aromatic nitrogens is 1. The fourth-order valence-corrected chi connectivity index (χ4v) is 1.73. The van der Waals surface area contributed by atoms with Crippen LogP contribution in [0.2, 0.25) is 0 Å². The molecule has 2 rings (SSSR count). The SMILES string of the molecule is C[C@H](ONC(=O)C1CCC(=O)N1)c1ccncc1. The molecule has 1 aromatic heterocycles. The van der Waals surface area contributed by atoms with E-state index in [-0.39, 0.29) is 17.9 Å². The summed E-state index contributed by atoms with van der Waals surface area (Å²) in [5.74, 6) is -0.418. The zero-order valence-corrected chi connectivity index (χ0v) is 10.1. The van der Waals surface area contributed by atoms with Crippen molar-refractivity contribution >= 4 is 11.8 Å². The molecule has 2 heterocycles. The number of pyridine rings is 1. The van der Waals surface area contributed by atoms with Gasteiger partial charge in [-0.1, -0.05) is 0 Å². The van der Waals surface area contributed by atoms with Crippen LogP contribution < -0.4 is 10.8 Å². The van der Waals surface area contributed by atoms with Crippen molar-refractivity contribution in [1.82, 2.24) is 15.8 Å². The van der Waals surface area contributed by atoms with Gasteiger partial charge in [-0.3, -0.25) is 19.4 Å². The predicted octanol–water partition coefficient (Wildman–Crippen LogP) is 0.469. The van der Waals surface area contributed by atoms with Crippen molar-refractivity contribution in [1.29, 1.82) is 0 Å². The van der Waals surface area contributed by atoms with Crippen molar-refractivity contribution in [2.24, 2.45) is 0 Å². The van der Waals surface area contributed by atoms with Gasteiger partial charge in [0.1, 0.15) is 12.1 Å². The molecule has 1 saturated heterocycles. The standard InChI is InChI=1S/C12H15N3O3/c1-8(9-4-6-13-7-5-9)18-15-12(17)10-2-3-11(16)14-10/h4-8,10H,2-3H2,1H3,(H,14,16)(H,15,17)/t8-,10?/m0/s1. The molecule has 0 spiro atoms. The van der Waals surface area contributed by atoms with Gasteiger partial charge in [0.25, 0.3) is 5.91 Å². The number of carbonyl (C=O) groups excluding carboxylic acids is 2. The fourth-order valence-electron chi connectivity index (χ4n) is 1.73. The Hall–Kier alpha value is -1.95. The molecule has 0 saturated carbocycles. The van der Waals surface area contributed by atoms with E-state index in [4.69, 9.17) is 4.84 Å². The van der Waals surface area contributed by atoms with Crippen molar-refractivity contribution in [2.45, 2.75) is 31.9 Å². The van der Waals surface area contributed by atoms with Crippen LogP contribution in [0.1, 0.15) is 31.4 Å². The van der Waals surface area contributed by atoms with E-state index in [1.54, 1.807) is 12.4 Å². The summed E-state index contributed by atoms with van der Waals surface area (Å²) in [5.41, 5.74) is 3.29. The van der Waals surface area contributed by atoms with E-state index in [2.05, 4.69) is 15.8 Å². The Morgan fingerprint density at radius 2 is 2.28 bits per heavy atom. The summed E-state index contributed by atoms with van der Waals surface area (Å²) in [6.45, 7) is 1.82. The van der Waals surface area contributed by atoms with E-state index in [0.717, 1.165) is 5.56 Å². The summed E-state index contributed by atoms with van der Waals surface area (Å²) in [6, 6.07) is 3.14.